The third-order valence-electron chi connectivity index (χ3n) is 4.86. The molecule has 0 radical (unpaired) electrons. The Labute approximate surface area is 170 Å². The molecule has 0 bridgehead atoms. The molecule has 0 N–H and O–H groups in total. The van der Waals surface area contributed by atoms with E-state index >= 15 is 0 Å². The summed E-state index contributed by atoms with van der Waals surface area (Å²) in [5, 5.41) is 0. The van der Waals surface area contributed by atoms with E-state index in [0.29, 0.717) is 12.0 Å². The molecule has 1 aromatic carbocycles. The van der Waals surface area contributed by atoms with Crippen LogP contribution in [0.15, 0.2) is 34.8 Å². The quantitative estimate of drug-likeness (QED) is 0.353. The number of esters is 1. The molecule has 0 saturated heterocycles. The molecule has 138 valence electrons. The lowest BCUT2D eigenvalue weighted by molar-refractivity contribution is -0.148. The fraction of sp³-hybridized carbons (Fsp3) is 0.368. The predicted molar refractivity (Wildman–Crippen MR) is 105 cm³/mol. The molecular weight excluding hydrogens is 441 g/mol. The normalized spacial score (nSPS) is 20.7. The number of ether oxygens (including phenoxy) is 1. The zero-order chi connectivity index (χ0) is 19.3. The van der Waals surface area contributed by atoms with Crippen molar-refractivity contribution in [1.29, 1.82) is 0 Å². The minimum atomic E-state index is -1.11. The molecule has 2 aromatic rings. The second-order valence-corrected chi connectivity index (χ2v) is 9.21. The molecule has 1 saturated carbocycles. The van der Waals surface area contributed by atoms with Gasteiger partial charge in [-0.15, -0.1) is 23.2 Å². The van der Waals surface area contributed by atoms with Gasteiger partial charge < -0.3 is 9.30 Å². The molecule has 7 heteroatoms. The number of ketones is 1. The van der Waals surface area contributed by atoms with Gasteiger partial charge in [-0.05, 0) is 51.1 Å². The molecule has 1 aliphatic carbocycles. The third kappa shape index (κ3) is 3.32. The smallest absolute Gasteiger partial charge is 0.315 e. The van der Waals surface area contributed by atoms with E-state index in [0.717, 1.165) is 21.5 Å². The Balaban J connectivity index is 1.76. The van der Waals surface area contributed by atoms with Gasteiger partial charge in [-0.25, -0.2) is 0 Å². The van der Waals surface area contributed by atoms with Crippen LogP contribution in [0.4, 0.5) is 0 Å². The zero-order valence-corrected chi connectivity index (χ0v) is 17.7. The summed E-state index contributed by atoms with van der Waals surface area (Å²) in [7, 11) is 0. The average molecular weight is 459 g/mol. The second kappa shape index (κ2) is 6.70. The van der Waals surface area contributed by atoms with Crippen LogP contribution in [0.1, 0.15) is 35.1 Å². The Hall–Kier alpha value is -1.30. The second-order valence-electron chi connectivity index (χ2n) is 6.81. The van der Waals surface area contributed by atoms with E-state index in [1.54, 1.807) is 13.0 Å². The molecule has 0 aliphatic heterocycles. The van der Waals surface area contributed by atoms with Gasteiger partial charge in [-0.1, -0.05) is 15.9 Å². The molecule has 4 nitrogen and oxygen atoms in total. The number of hydrogen-bond donors (Lipinski definition) is 0. The number of rotatable bonds is 5. The van der Waals surface area contributed by atoms with E-state index in [1.165, 1.54) is 0 Å². The van der Waals surface area contributed by atoms with Crippen molar-refractivity contribution in [2.24, 2.45) is 5.41 Å². The average Bonchev–Trinajstić information content (AvgIpc) is 2.95. The van der Waals surface area contributed by atoms with Gasteiger partial charge in [-0.3, -0.25) is 9.59 Å². The summed E-state index contributed by atoms with van der Waals surface area (Å²) < 4.78 is 7.04. The Kier molecular flexibility index (Phi) is 5.01. The fourth-order valence-electron chi connectivity index (χ4n) is 3.02. The number of Topliss-reactive ketones (excluding diaryl/α,β-unsaturated/α-hetero) is 1. The highest BCUT2D eigenvalue weighted by Crippen LogP contribution is 2.64. The SMILES string of the molecule is Cc1cc(C(=O)COC(=O)C2(C)CC2(Cl)Cl)c(C)n1-c1ccc(Br)cc1. The van der Waals surface area contributed by atoms with Crippen molar-refractivity contribution < 1.29 is 14.3 Å². The van der Waals surface area contributed by atoms with E-state index in [-0.39, 0.29) is 12.4 Å². The maximum atomic E-state index is 12.6. The predicted octanol–water partition coefficient (Wildman–Crippen LogP) is 5.17. The van der Waals surface area contributed by atoms with Gasteiger partial charge >= 0.3 is 5.97 Å². The lowest BCUT2D eigenvalue weighted by atomic mass is 10.1. The van der Waals surface area contributed by atoms with Crippen LogP contribution in [-0.4, -0.2) is 27.3 Å². The first kappa shape index (κ1) is 19.5. The van der Waals surface area contributed by atoms with Crippen LogP contribution in [0.25, 0.3) is 5.69 Å². The molecule has 3 rings (SSSR count). The molecule has 1 aromatic heterocycles. The van der Waals surface area contributed by atoms with Gasteiger partial charge in [0.05, 0.1) is 0 Å². The van der Waals surface area contributed by atoms with E-state index < -0.39 is 15.7 Å². The number of benzene rings is 1. The number of halogens is 3. The Morgan fingerprint density at radius 2 is 1.81 bits per heavy atom. The lowest BCUT2D eigenvalue weighted by Gasteiger charge is -2.12. The van der Waals surface area contributed by atoms with Crippen molar-refractivity contribution in [2.75, 3.05) is 6.61 Å². The first-order valence-electron chi connectivity index (χ1n) is 8.10. The summed E-state index contributed by atoms with van der Waals surface area (Å²) in [6.07, 6.45) is 0.328. The Morgan fingerprint density at radius 3 is 2.35 bits per heavy atom. The van der Waals surface area contributed by atoms with Crippen molar-refractivity contribution in [3.8, 4) is 5.69 Å². The molecule has 0 spiro atoms. The Morgan fingerprint density at radius 1 is 1.23 bits per heavy atom. The summed E-state index contributed by atoms with van der Waals surface area (Å²) in [6, 6.07) is 9.62. The number of aromatic nitrogens is 1. The monoisotopic (exact) mass is 457 g/mol. The maximum absolute atomic E-state index is 12.6. The van der Waals surface area contributed by atoms with Crippen molar-refractivity contribution in [3.63, 3.8) is 0 Å². The van der Waals surface area contributed by atoms with Gasteiger partial charge in [0.25, 0.3) is 0 Å². The van der Waals surface area contributed by atoms with Crippen LogP contribution in [-0.2, 0) is 9.53 Å². The summed E-state index contributed by atoms with van der Waals surface area (Å²) in [4.78, 5) is 24.7. The molecule has 1 atom stereocenters. The van der Waals surface area contributed by atoms with Crippen molar-refractivity contribution >= 4 is 50.9 Å². The molecule has 1 heterocycles. The van der Waals surface area contributed by atoms with Crippen LogP contribution >= 0.6 is 39.1 Å². The zero-order valence-electron chi connectivity index (χ0n) is 14.6. The first-order chi connectivity index (χ1) is 12.1. The summed E-state index contributed by atoms with van der Waals surface area (Å²) in [6.45, 7) is 5.11. The fourth-order valence-corrected chi connectivity index (χ4v) is 3.98. The molecule has 1 fully saturated rings. The first-order valence-corrected chi connectivity index (χ1v) is 9.65. The van der Waals surface area contributed by atoms with Crippen LogP contribution < -0.4 is 0 Å². The summed E-state index contributed by atoms with van der Waals surface area (Å²) >= 11 is 15.4. The minimum Gasteiger partial charge on any atom is -0.457 e. The number of nitrogens with zero attached hydrogens (tertiary/aromatic N) is 1. The van der Waals surface area contributed by atoms with Gasteiger partial charge in [0.2, 0.25) is 5.78 Å². The topological polar surface area (TPSA) is 48.3 Å². The van der Waals surface area contributed by atoms with Crippen molar-refractivity contribution in [2.45, 2.75) is 31.5 Å². The highest BCUT2D eigenvalue weighted by atomic mass is 79.9. The highest BCUT2D eigenvalue weighted by Gasteiger charge is 2.69. The van der Waals surface area contributed by atoms with Crippen LogP contribution in [0.5, 0.6) is 0 Å². The summed E-state index contributed by atoms with van der Waals surface area (Å²) in [5.74, 6) is -0.800. The van der Waals surface area contributed by atoms with Crippen LogP contribution in [0, 0.1) is 19.3 Å². The standard InChI is InChI=1S/C19H18BrCl2NO3/c1-11-8-15(12(2)23(11)14-6-4-13(20)5-7-14)16(24)9-26-17(25)18(3)10-19(18,21)22/h4-8H,9-10H2,1-3H3. The lowest BCUT2D eigenvalue weighted by Crippen LogP contribution is -2.24. The minimum absolute atomic E-state index is 0.256. The van der Waals surface area contributed by atoms with Crippen molar-refractivity contribution in [1.82, 2.24) is 4.57 Å². The van der Waals surface area contributed by atoms with E-state index in [1.807, 2.05) is 42.7 Å². The number of hydrogen-bond acceptors (Lipinski definition) is 3. The Bertz CT molecular complexity index is 889. The number of carbonyl (C=O) groups excluding carboxylic acids is 2. The molecule has 26 heavy (non-hydrogen) atoms. The maximum Gasteiger partial charge on any atom is 0.315 e. The largest absolute Gasteiger partial charge is 0.457 e. The van der Waals surface area contributed by atoms with Gasteiger partial charge in [0.15, 0.2) is 6.61 Å². The molecule has 1 aliphatic rings. The van der Waals surface area contributed by atoms with Crippen LogP contribution in [0.3, 0.4) is 0 Å². The van der Waals surface area contributed by atoms with Gasteiger partial charge in [-0.2, -0.15) is 0 Å². The third-order valence-corrected chi connectivity index (χ3v) is 6.49. The number of alkyl halides is 2. The van der Waals surface area contributed by atoms with E-state index in [4.69, 9.17) is 27.9 Å². The summed E-state index contributed by atoms with van der Waals surface area (Å²) in [5.41, 5.74) is 2.27. The molecule has 1 unspecified atom stereocenters. The van der Waals surface area contributed by atoms with Gasteiger partial charge in [0.1, 0.15) is 9.75 Å². The van der Waals surface area contributed by atoms with E-state index in [2.05, 4.69) is 15.9 Å². The molecule has 0 amide bonds. The van der Waals surface area contributed by atoms with Gasteiger partial charge in [0, 0.05) is 33.5 Å². The van der Waals surface area contributed by atoms with Crippen molar-refractivity contribution in [3.05, 3.63) is 51.8 Å². The molecular formula is C19H18BrCl2NO3. The number of aryl methyl sites for hydroxylation is 1. The van der Waals surface area contributed by atoms with E-state index in [9.17, 15) is 9.59 Å². The highest BCUT2D eigenvalue weighted by molar-refractivity contribution is 9.10. The van der Waals surface area contributed by atoms with Crippen LogP contribution in [0.2, 0.25) is 0 Å². The number of carbonyl (C=O) groups is 2.